The lowest BCUT2D eigenvalue weighted by Crippen LogP contribution is -2.39. The minimum absolute atomic E-state index is 0.0596. The van der Waals surface area contributed by atoms with E-state index in [0.717, 1.165) is 31.6 Å². The highest BCUT2D eigenvalue weighted by molar-refractivity contribution is 6.35. The van der Waals surface area contributed by atoms with Gasteiger partial charge < -0.3 is 15.0 Å². The number of carbonyl (C=O) groups is 1. The van der Waals surface area contributed by atoms with E-state index in [9.17, 15) is 4.79 Å². The molecule has 138 valence electrons. The third-order valence-corrected chi connectivity index (χ3v) is 5.00. The Labute approximate surface area is 163 Å². The maximum absolute atomic E-state index is 12.0. The van der Waals surface area contributed by atoms with E-state index in [4.69, 9.17) is 27.9 Å². The Bertz CT molecular complexity index is 735. The molecule has 3 rings (SSSR count). The lowest BCUT2D eigenvalue weighted by Gasteiger charge is -2.33. The molecule has 1 fully saturated rings. The molecule has 1 aliphatic rings. The zero-order valence-corrected chi connectivity index (χ0v) is 15.8. The van der Waals surface area contributed by atoms with Crippen LogP contribution >= 0.6 is 23.2 Å². The SMILES string of the molecule is O=C(COc1ccc(Cl)cc1Cl)NCC1CCN(c2cccnc2)CC1. The Hall–Kier alpha value is -1.98. The molecule has 0 saturated carbocycles. The first-order valence-corrected chi connectivity index (χ1v) is 9.37. The van der Waals surface area contributed by atoms with Crippen molar-refractivity contribution in [2.75, 3.05) is 31.1 Å². The zero-order chi connectivity index (χ0) is 18.4. The second-order valence-electron chi connectivity index (χ2n) is 6.31. The van der Waals surface area contributed by atoms with E-state index in [1.807, 2.05) is 12.3 Å². The van der Waals surface area contributed by atoms with Crippen LogP contribution in [-0.2, 0) is 4.79 Å². The first-order valence-electron chi connectivity index (χ1n) is 8.61. The van der Waals surface area contributed by atoms with Crippen LogP contribution < -0.4 is 15.0 Å². The van der Waals surface area contributed by atoms with E-state index in [0.29, 0.717) is 28.3 Å². The van der Waals surface area contributed by atoms with E-state index < -0.39 is 0 Å². The minimum Gasteiger partial charge on any atom is -0.482 e. The van der Waals surface area contributed by atoms with Gasteiger partial charge in [-0.25, -0.2) is 0 Å². The Kier molecular flexibility index (Phi) is 6.58. The first-order chi connectivity index (χ1) is 12.6. The van der Waals surface area contributed by atoms with E-state index in [2.05, 4.69) is 21.3 Å². The number of benzene rings is 1. The average molecular weight is 394 g/mol. The topological polar surface area (TPSA) is 54.5 Å². The number of ether oxygens (including phenoxy) is 1. The molecule has 0 spiro atoms. The summed E-state index contributed by atoms with van der Waals surface area (Å²) in [5, 5.41) is 3.87. The van der Waals surface area contributed by atoms with Gasteiger partial charge in [-0.1, -0.05) is 23.2 Å². The van der Waals surface area contributed by atoms with Crippen molar-refractivity contribution in [2.45, 2.75) is 12.8 Å². The first kappa shape index (κ1) is 18.8. The molecule has 1 aromatic carbocycles. The highest BCUT2D eigenvalue weighted by atomic mass is 35.5. The quantitative estimate of drug-likeness (QED) is 0.810. The molecule has 2 heterocycles. The summed E-state index contributed by atoms with van der Waals surface area (Å²) in [5.74, 6) is 0.785. The van der Waals surface area contributed by atoms with Crippen LogP contribution in [0.15, 0.2) is 42.7 Å². The monoisotopic (exact) mass is 393 g/mol. The van der Waals surface area contributed by atoms with Gasteiger partial charge in [-0.15, -0.1) is 0 Å². The molecule has 1 N–H and O–H groups in total. The van der Waals surface area contributed by atoms with Crippen LogP contribution in [0, 0.1) is 5.92 Å². The van der Waals surface area contributed by atoms with Gasteiger partial charge in [-0.3, -0.25) is 9.78 Å². The van der Waals surface area contributed by atoms with E-state index >= 15 is 0 Å². The smallest absolute Gasteiger partial charge is 0.257 e. The Morgan fingerprint density at radius 3 is 2.77 bits per heavy atom. The van der Waals surface area contributed by atoms with Crippen molar-refractivity contribution < 1.29 is 9.53 Å². The molecule has 1 aromatic heterocycles. The summed E-state index contributed by atoms with van der Waals surface area (Å²) in [6, 6.07) is 8.96. The van der Waals surface area contributed by atoms with Gasteiger partial charge in [0, 0.05) is 30.9 Å². The zero-order valence-electron chi connectivity index (χ0n) is 14.3. The third-order valence-electron chi connectivity index (χ3n) is 4.47. The van der Waals surface area contributed by atoms with Gasteiger partial charge in [0.05, 0.1) is 16.9 Å². The molecule has 26 heavy (non-hydrogen) atoms. The summed E-state index contributed by atoms with van der Waals surface area (Å²) >= 11 is 11.9. The maximum Gasteiger partial charge on any atom is 0.257 e. The number of aromatic nitrogens is 1. The van der Waals surface area contributed by atoms with Gasteiger partial charge >= 0.3 is 0 Å². The predicted molar refractivity (Wildman–Crippen MR) is 104 cm³/mol. The van der Waals surface area contributed by atoms with Crippen LogP contribution in [0.5, 0.6) is 5.75 Å². The highest BCUT2D eigenvalue weighted by Crippen LogP contribution is 2.27. The highest BCUT2D eigenvalue weighted by Gasteiger charge is 2.20. The largest absolute Gasteiger partial charge is 0.482 e. The number of hydrogen-bond donors (Lipinski definition) is 1. The summed E-state index contributed by atoms with van der Waals surface area (Å²) in [7, 11) is 0. The second kappa shape index (κ2) is 9.10. The molecular weight excluding hydrogens is 373 g/mol. The fraction of sp³-hybridized carbons (Fsp3) is 0.368. The van der Waals surface area contributed by atoms with Gasteiger partial charge in [0.1, 0.15) is 5.75 Å². The normalized spacial score (nSPS) is 14.9. The van der Waals surface area contributed by atoms with Crippen LogP contribution in [0.4, 0.5) is 5.69 Å². The van der Waals surface area contributed by atoms with E-state index in [1.54, 1.807) is 24.4 Å². The van der Waals surface area contributed by atoms with Gasteiger partial charge in [0.2, 0.25) is 0 Å². The molecule has 1 saturated heterocycles. The van der Waals surface area contributed by atoms with Crippen molar-refractivity contribution in [3.63, 3.8) is 0 Å². The van der Waals surface area contributed by atoms with Crippen LogP contribution in [0.2, 0.25) is 10.0 Å². The van der Waals surface area contributed by atoms with Gasteiger partial charge in [-0.05, 0) is 49.1 Å². The second-order valence-corrected chi connectivity index (χ2v) is 7.15. The van der Waals surface area contributed by atoms with Crippen molar-refractivity contribution in [1.82, 2.24) is 10.3 Å². The molecule has 0 unspecified atom stereocenters. The predicted octanol–water partition coefficient (Wildman–Crippen LogP) is 3.80. The van der Waals surface area contributed by atoms with Crippen LogP contribution in [0.3, 0.4) is 0 Å². The average Bonchev–Trinajstić information content (AvgIpc) is 2.67. The number of piperidine rings is 1. The van der Waals surface area contributed by atoms with Crippen molar-refractivity contribution in [3.05, 3.63) is 52.8 Å². The standard InChI is InChI=1S/C19H21Cl2N3O2/c20-15-3-4-18(17(21)10-15)26-13-19(25)23-11-14-5-8-24(9-6-14)16-2-1-7-22-12-16/h1-4,7,10,12,14H,5-6,8-9,11,13H2,(H,23,25). The maximum atomic E-state index is 12.0. The van der Waals surface area contributed by atoms with Crippen molar-refractivity contribution in [1.29, 1.82) is 0 Å². The summed E-state index contributed by atoms with van der Waals surface area (Å²) in [6.45, 7) is 2.56. The molecule has 5 nitrogen and oxygen atoms in total. The third kappa shape index (κ3) is 5.26. The number of rotatable bonds is 6. The molecule has 2 aromatic rings. The number of nitrogens with one attached hydrogen (secondary N) is 1. The molecule has 0 aliphatic carbocycles. The Morgan fingerprint density at radius 2 is 2.08 bits per heavy atom. The summed E-state index contributed by atoms with van der Waals surface area (Å²) < 4.78 is 5.45. The Morgan fingerprint density at radius 1 is 1.27 bits per heavy atom. The lowest BCUT2D eigenvalue weighted by atomic mass is 9.96. The van der Waals surface area contributed by atoms with E-state index in [1.165, 1.54) is 0 Å². The fourth-order valence-electron chi connectivity index (χ4n) is 2.98. The van der Waals surface area contributed by atoms with Crippen molar-refractivity contribution in [2.24, 2.45) is 5.92 Å². The van der Waals surface area contributed by atoms with Gasteiger partial charge in [0.15, 0.2) is 6.61 Å². The molecule has 0 atom stereocenters. The number of amides is 1. The Balaban J connectivity index is 1.37. The number of anilines is 1. The van der Waals surface area contributed by atoms with Gasteiger partial charge in [0.25, 0.3) is 5.91 Å². The minimum atomic E-state index is -0.147. The number of hydrogen-bond acceptors (Lipinski definition) is 4. The lowest BCUT2D eigenvalue weighted by molar-refractivity contribution is -0.123. The molecule has 0 bridgehead atoms. The molecule has 1 amide bonds. The number of pyridine rings is 1. The van der Waals surface area contributed by atoms with Crippen LogP contribution in [-0.4, -0.2) is 37.1 Å². The van der Waals surface area contributed by atoms with Crippen molar-refractivity contribution in [3.8, 4) is 5.75 Å². The van der Waals surface area contributed by atoms with Crippen LogP contribution in [0.25, 0.3) is 0 Å². The summed E-state index contributed by atoms with van der Waals surface area (Å²) in [5.41, 5.74) is 1.16. The summed E-state index contributed by atoms with van der Waals surface area (Å²) in [4.78, 5) is 18.5. The number of carbonyl (C=O) groups excluding carboxylic acids is 1. The van der Waals surface area contributed by atoms with Crippen molar-refractivity contribution >= 4 is 34.8 Å². The molecule has 0 radical (unpaired) electrons. The van der Waals surface area contributed by atoms with Crippen LogP contribution in [0.1, 0.15) is 12.8 Å². The fourth-order valence-corrected chi connectivity index (χ4v) is 3.44. The summed E-state index contributed by atoms with van der Waals surface area (Å²) in [6.07, 6.45) is 5.75. The van der Waals surface area contributed by atoms with Gasteiger partial charge in [-0.2, -0.15) is 0 Å². The molecular formula is C19H21Cl2N3O2. The molecule has 1 aliphatic heterocycles. The number of halogens is 2. The van der Waals surface area contributed by atoms with E-state index in [-0.39, 0.29) is 12.5 Å². The number of nitrogens with zero attached hydrogens (tertiary/aromatic N) is 2. The molecule has 7 heteroatoms.